The molecule has 0 aliphatic heterocycles. The van der Waals surface area contributed by atoms with Crippen LogP contribution in [-0.2, 0) is 0 Å². The van der Waals surface area contributed by atoms with Gasteiger partial charge in [-0.2, -0.15) is 0 Å². The molecule has 0 bridgehead atoms. The predicted octanol–water partition coefficient (Wildman–Crippen LogP) is 15.1. The van der Waals surface area contributed by atoms with Crippen molar-refractivity contribution < 1.29 is 8.83 Å². The average Bonchev–Trinajstić information content (AvgIpc) is 3.82. The summed E-state index contributed by atoms with van der Waals surface area (Å²) in [7, 11) is 0. The highest BCUT2D eigenvalue weighted by molar-refractivity contribution is 6.07. The van der Waals surface area contributed by atoms with Gasteiger partial charge in [0.1, 0.15) is 22.3 Å². The molecule has 0 aliphatic rings. The van der Waals surface area contributed by atoms with E-state index in [1.54, 1.807) is 0 Å². The Kier molecular flexibility index (Phi) is 7.17. The summed E-state index contributed by atoms with van der Waals surface area (Å²) in [5, 5.41) is 6.92. The molecule has 0 aliphatic carbocycles. The standard InChI is InChI=1S/C52H33NO2/c1-2-14-40(15-3-1)53(42-25-21-34-11-4-5-12-35(34)29-42)41-16-10-13-38(30-41)43-26-22-36(37-23-27-46-44-17-6-8-19-49(44)54-51(46)32-37)31-48(43)39-24-28-47-45-18-7-9-20-50(45)55-52(47)33-39/h1-33H. The van der Waals surface area contributed by atoms with Crippen molar-refractivity contribution in [2.45, 2.75) is 0 Å². The van der Waals surface area contributed by atoms with Gasteiger partial charge in [-0.15, -0.1) is 0 Å². The lowest BCUT2D eigenvalue weighted by Crippen LogP contribution is -2.09. The second kappa shape index (κ2) is 12.6. The fourth-order valence-electron chi connectivity index (χ4n) is 8.17. The van der Waals surface area contributed by atoms with Crippen molar-refractivity contribution in [3.63, 3.8) is 0 Å². The van der Waals surface area contributed by atoms with E-state index in [0.29, 0.717) is 0 Å². The van der Waals surface area contributed by atoms with E-state index in [1.165, 1.54) is 10.8 Å². The van der Waals surface area contributed by atoms with E-state index in [0.717, 1.165) is 94.3 Å². The molecular weight excluding hydrogens is 671 g/mol. The molecule has 2 heterocycles. The number of furan rings is 2. The van der Waals surface area contributed by atoms with Crippen LogP contribution in [0.3, 0.4) is 0 Å². The Balaban J connectivity index is 1.09. The zero-order valence-corrected chi connectivity index (χ0v) is 29.8. The normalized spacial score (nSPS) is 11.6. The van der Waals surface area contributed by atoms with Crippen LogP contribution >= 0.6 is 0 Å². The molecule has 3 nitrogen and oxygen atoms in total. The van der Waals surface area contributed by atoms with Gasteiger partial charge >= 0.3 is 0 Å². The summed E-state index contributed by atoms with van der Waals surface area (Å²) in [6.45, 7) is 0. The van der Waals surface area contributed by atoms with Crippen molar-refractivity contribution in [1.82, 2.24) is 0 Å². The van der Waals surface area contributed by atoms with Gasteiger partial charge in [0.2, 0.25) is 0 Å². The van der Waals surface area contributed by atoms with Crippen LogP contribution in [0.2, 0.25) is 0 Å². The number of hydrogen-bond donors (Lipinski definition) is 0. The highest BCUT2D eigenvalue weighted by Gasteiger charge is 2.18. The van der Waals surface area contributed by atoms with Crippen LogP contribution in [0.1, 0.15) is 0 Å². The van der Waals surface area contributed by atoms with E-state index < -0.39 is 0 Å². The Bertz CT molecular complexity index is 3220. The summed E-state index contributed by atoms with van der Waals surface area (Å²) in [4.78, 5) is 2.34. The van der Waals surface area contributed by atoms with Crippen molar-refractivity contribution in [2.24, 2.45) is 0 Å². The molecule has 0 saturated carbocycles. The van der Waals surface area contributed by atoms with Gasteiger partial charge in [0.05, 0.1) is 0 Å². The third kappa shape index (κ3) is 5.36. The first-order valence-electron chi connectivity index (χ1n) is 18.7. The maximum Gasteiger partial charge on any atom is 0.136 e. The molecular formula is C52H33NO2. The Morgan fingerprint density at radius 1 is 0.273 bits per heavy atom. The summed E-state index contributed by atoms with van der Waals surface area (Å²) in [5.74, 6) is 0. The number of para-hydroxylation sites is 3. The average molecular weight is 704 g/mol. The van der Waals surface area contributed by atoms with Gasteiger partial charge in [0, 0.05) is 38.6 Å². The van der Waals surface area contributed by atoms with Gasteiger partial charge in [0.15, 0.2) is 0 Å². The summed E-state index contributed by atoms with van der Waals surface area (Å²) < 4.78 is 12.7. The number of nitrogens with zero attached hydrogens (tertiary/aromatic N) is 1. The SMILES string of the molecule is c1ccc(N(c2cccc(-c3ccc(-c4ccc5c(c4)oc4ccccc45)cc3-c3ccc4c(c3)oc3ccccc34)c2)c2ccc3ccccc3c2)cc1. The molecule has 258 valence electrons. The number of rotatable bonds is 6. The fourth-order valence-corrected chi connectivity index (χ4v) is 8.17. The second-order valence-electron chi connectivity index (χ2n) is 14.1. The van der Waals surface area contributed by atoms with Gasteiger partial charge in [-0.3, -0.25) is 0 Å². The highest BCUT2D eigenvalue weighted by Crippen LogP contribution is 2.43. The fraction of sp³-hybridized carbons (Fsp3) is 0. The van der Waals surface area contributed by atoms with Gasteiger partial charge < -0.3 is 13.7 Å². The molecule has 0 N–H and O–H groups in total. The first-order valence-corrected chi connectivity index (χ1v) is 18.7. The third-order valence-electron chi connectivity index (χ3n) is 10.8. The van der Waals surface area contributed by atoms with E-state index in [-0.39, 0.29) is 0 Å². The summed E-state index contributed by atoms with van der Waals surface area (Å²) in [5.41, 5.74) is 13.5. The molecule has 55 heavy (non-hydrogen) atoms. The lowest BCUT2D eigenvalue weighted by Gasteiger charge is -2.26. The zero-order chi connectivity index (χ0) is 36.3. The minimum Gasteiger partial charge on any atom is -0.456 e. The number of fused-ring (bicyclic) bond motifs is 7. The topological polar surface area (TPSA) is 29.5 Å². The van der Waals surface area contributed by atoms with E-state index in [2.05, 4.69) is 181 Å². The Morgan fingerprint density at radius 2 is 0.818 bits per heavy atom. The van der Waals surface area contributed by atoms with E-state index >= 15 is 0 Å². The second-order valence-corrected chi connectivity index (χ2v) is 14.1. The van der Waals surface area contributed by atoms with Crippen LogP contribution in [0.5, 0.6) is 0 Å². The molecule has 0 unspecified atom stereocenters. The van der Waals surface area contributed by atoms with Gasteiger partial charge in [-0.1, -0.05) is 121 Å². The molecule has 9 aromatic carbocycles. The van der Waals surface area contributed by atoms with Gasteiger partial charge in [-0.25, -0.2) is 0 Å². The molecule has 0 amide bonds. The number of benzene rings is 9. The maximum absolute atomic E-state index is 6.41. The Labute approximate surface area is 317 Å². The summed E-state index contributed by atoms with van der Waals surface area (Å²) in [6.07, 6.45) is 0. The van der Waals surface area contributed by atoms with Crippen molar-refractivity contribution in [3.05, 3.63) is 200 Å². The highest BCUT2D eigenvalue weighted by atomic mass is 16.3. The van der Waals surface area contributed by atoms with Crippen LogP contribution in [0.15, 0.2) is 209 Å². The molecule has 0 fully saturated rings. The summed E-state index contributed by atoms with van der Waals surface area (Å²) in [6, 6.07) is 71.2. The van der Waals surface area contributed by atoms with Gasteiger partial charge in [0.25, 0.3) is 0 Å². The molecule has 0 atom stereocenters. The molecule has 0 saturated heterocycles. The van der Waals surface area contributed by atoms with Crippen LogP contribution < -0.4 is 4.90 Å². The molecule has 11 rings (SSSR count). The van der Waals surface area contributed by atoms with Crippen LogP contribution in [0.4, 0.5) is 17.1 Å². The van der Waals surface area contributed by atoms with Crippen molar-refractivity contribution in [1.29, 1.82) is 0 Å². The van der Waals surface area contributed by atoms with E-state index in [9.17, 15) is 0 Å². The summed E-state index contributed by atoms with van der Waals surface area (Å²) >= 11 is 0. The first-order chi connectivity index (χ1) is 27.2. The van der Waals surface area contributed by atoms with Crippen LogP contribution in [0.25, 0.3) is 88.0 Å². The van der Waals surface area contributed by atoms with Gasteiger partial charge in [-0.05, 0) is 123 Å². The predicted molar refractivity (Wildman–Crippen MR) is 229 cm³/mol. The quantitative estimate of drug-likeness (QED) is 0.173. The minimum absolute atomic E-state index is 0.874. The minimum atomic E-state index is 0.874. The number of hydrogen-bond acceptors (Lipinski definition) is 3. The lowest BCUT2D eigenvalue weighted by atomic mass is 9.90. The molecule has 3 heteroatoms. The third-order valence-corrected chi connectivity index (χ3v) is 10.8. The van der Waals surface area contributed by atoms with Crippen molar-refractivity contribution in [2.75, 3.05) is 4.90 Å². The molecule has 0 radical (unpaired) electrons. The Morgan fingerprint density at radius 3 is 1.58 bits per heavy atom. The zero-order valence-electron chi connectivity index (χ0n) is 29.8. The monoisotopic (exact) mass is 703 g/mol. The molecule has 11 aromatic rings. The maximum atomic E-state index is 6.41. The van der Waals surface area contributed by atoms with E-state index in [1.807, 2.05) is 24.3 Å². The molecule has 0 spiro atoms. The van der Waals surface area contributed by atoms with Crippen molar-refractivity contribution >= 4 is 71.7 Å². The largest absolute Gasteiger partial charge is 0.456 e. The van der Waals surface area contributed by atoms with Crippen molar-refractivity contribution in [3.8, 4) is 33.4 Å². The smallest absolute Gasteiger partial charge is 0.136 e. The number of anilines is 3. The molecule has 2 aromatic heterocycles. The lowest BCUT2D eigenvalue weighted by molar-refractivity contribution is 0.668. The first kappa shape index (κ1) is 31.2. The van der Waals surface area contributed by atoms with Crippen LogP contribution in [-0.4, -0.2) is 0 Å². The van der Waals surface area contributed by atoms with E-state index in [4.69, 9.17) is 8.83 Å². The van der Waals surface area contributed by atoms with Crippen LogP contribution in [0, 0.1) is 0 Å². The Hall–Kier alpha value is -7.36.